The number of anilines is 1. The molecule has 5 heteroatoms. The number of benzene rings is 1. The highest BCUT2D eigenvalue weighted by Gasteiger charge is 2.30. The van der Waals surface area contributed by atoms with E-state index in [-0.39, 0.29) is 34.1 Å². The zero-order valence-corrected chi connectivity index (χ0v) is 8.17. The SMILES string of the molecule is Nc1cccc2c1C(=O)CCS2(=O)=O. The van der Waals surface area contributed by atoms with Crippen LogP contribution in [-0.2, 0) is 9.84 Å². The van der Waals surface area contributed by atoms with Gasteiger partial charge < -0.3 is 5.73 Å². The van der Waals surface area contributed by atoms with Gasteiger partial charge in [-0.2, -0.15) is 0 Å². The summed E-state index contributed by atoms with van der Waals surface area (Å²) in [6.07, 6.45) is 0.0313. The van der Waals surface area contributed by atoms with Crippen LogP contribution in [0.25, 0.3) is 0 Å². The Bertz CT molecular complexity index is 505. The van der Waals surface area contributed by atoms with Gasteiger partial charge >= 0.3 is 0 Å². The Kier molecular flexibility index (Phi) is 1.85. The minimum Gasteiger partial charge on any atom is -0.398 e. The Morgan fingerprint density at radius 2 is 2.00 bits per heavy atom. The summed E-state index contributed by atoms with van der Waals surface area (Å²) in [5.74, 6) is -0.296. The number of nitrogens with two attached hydrogens (primary N) is 1. The first-order chi connectivity index (χ1) is 6.52. The lowest BCUT2D eigenvalue weighted by Gasteiger charge is -2.16. The van der Waals surface area contributed by atoms with Crippen molar-refractivity contribution in [2.75, 3.05) is 11.5 Å². The molecule has 0 atom stereocenters. The van der Waals surface area contributed by atoms with E-state index in [4.69, 9.17) is 5.73 Å². The van der Waals surface area contributed by atoms with Gasteiger partial charge in [-0.05, 0) is 12.1 Å². The summed E-state index contributed by atoms with van der Waals surface area (Å²) in [4.78, 5) is 11.5. The summed E-state index contributed by atoms with van der Waals surface area (Å²) < 4.78 is 23.1. The summed E-state index contributed by atoms with van der Waals surface area (Å²) in [5, 5.41) is 0. The fourth-order valence-electron chi connectivity index (χ4n) is 1.57. The van der Waals surface area contributed by atoms with E-state index in [0.717, 1.165) is 0 Å². The fourth-order valence-corrected chi connectivity index (χ4v) is 3.07. The molecule has 0 unspecified atom stereocenters. The molecule has 0 amide bonds. The molecular weight excluding hydrogens is 202 g/mol. The molecule has 1 aromatic rings. The third-order valence-corrected chi connectivity index (χ3v) is 4.02. The number of hydrogen-bond donors (Lipinski definition) is 1. The van der Waals surface area contributed by atoms with Crippen molar-refractivity contribution < 1.29 is 13.2 Å². The molecule has 0 bridgehead atoms. The molecule has 0 aromatic heterocycles. The maximum Gasteiger partial charge on any atom is 0.179 e. The molecule has 1 aromatic carbocycles. The van der Waals surface area contributed by atoms with E-state index in [0.29, 0.717) is 0 Å². The van der Waals surface area contributed by atoms with Crippen molar-refractivity contribution >= 4 is 21.3 Å². The fraction of sp³-hybridized carbons (Fsp3) is 0.222. The summed E-state index contributed by atoms with van der Waals surface area (Å²) in [5.41, 5.74) is 5.98. The van der Waals surface area contributed by atoms with Crippen molar-refractivity contribution in [3.63, 3.8) is 0 Å². The van der Waals surface area contributed by atoms with Gasteiger partial charge in [-0.1, -0.05) is 6.07 Å². The van der Waals surface area contributed by atoms with Crippen LogP contribution in [-0.4, -0.2) is 20.0 Å². The number of sulfone groups is 1. The summed E-state index contributed by atoms with van der Waals surface area (Å²) in [6.45, 7) is 0. The molecule has 1 aliphatic heterocycles. The number of fused-ring (bicyclic) bond motifs is 1. The molecule has 0 saturated carbocycles. The third kappa shape index (κ3) is 1.21. The van der Waals surface area contributed by atoms with Crippen molar-refractivity contribution in [1.82, 2.24) is 0 Å². The van der Waals surface area contributed by atoms with Crippen molar-refractivity contribution in [3.05, 3.63) is 23.8 Å². The Hall–Kier alpha value is -1.36. The number of nitrogen functional groups attached to an aromatic ring is 1. The lowest BCUT2D eigenvalue weighted by Crippen LogP contribution is -2.22. The molecule has 1 aliphatic rings. The predicted octanol–water partition coefficient (Wildman–Crippen LogP) is 0.629. The van der Waals surface area contributed by atoms with Gasteiger partial charge in [-0.3, -0.25) is 4.79 Å². The molecule has 74 valence electrons. The zero-order valence-electron chi connectivity index (χ0n) is 7.36. The highest BCUT2D eigenvalue weighted by molar-refractivity contribution is 7.91. The number of carbonyl (C=O) groups is 1. The maximum absolute atomic E-state index is 11.6. The van der Waals surface area contributed by atoms with Crippen LogP contribution in [0.2, 0.25) is 0 Å². The Morgan fingerprint density at radius 3 is 2.64 bits per heavy atom. The molecule has 0 saturated heterocycles. The van der Waals surface area contributed by atoms with Crippen LogP contribution in [0.3, 0.4) is 0 Å². The van der Waals surface area contributed by atoms with E-state index >= 15 is 0 Å². The van der Waals surface area contributed by atoms with E-state index in [1.54, 1.807) is 6.07 Å². The second-order valence-corrected chi connectivity index (χ2v) is 5.29. The van der Waals surface area contributed by atoms with Gasteiger partial charge in [-0.25, -0.2) is 8.42 Å². The lowest BCUT2D eigenvalue weighted by atomic mass is 10.1. The summed E-state index contributed by atoms with van der Waals surface area (Å²) in [6, 6.07) is 4.51. The molecule has 0 spiro atoms. The van der Waals surface area contributed by atoms with Gasteiger partial charge in [0.1, 0.15) is 0 Å². The first kappa shape index (κ1) is 9.21. The summed E-state index contributed by atoms with van der Waals surface area (Å²) >= 11 is 0. The largest absolute Gasteiger partial charge is 0.398 e. The molecule has 2 rings (SSSR count). The van der Waals surface area contributed by atoms with Crippen LogP contribution in [0.15, 0.2) is 23.1 Å². The number of rotatable bonds is 0. The second-order valence-electron chi connectivity index (χ2n) is 3.21. The van der Waals surface area contributed by atoms with Gasteiger partial charge in [0.05, 0.1) is 16.2 Å². The maximum atomic E-state index is 11.6. The van der Waals surface area contributed by atoms with Gasteiger partial charge in [0.15, 0.2) is 15.6 Å². The molecular formula is C9H9NO3S. The van der Waals surface area contributed by atoms with E-state index in [1.807, 2.05) is 0 Å². The first-order valence-corrected chi connectivity index (χ1v) is 5.82. The number of carbonyl (C=O) groups excluding carboxylic acids is 1. The highest BCUT2D eigenvalue weighted by atomic mass is 32.2. The van der Waals surface area contributed by atoms with Crippen LogP contribution >= 0.6 is 0 Å². The van der Waals surface area contributed by atoms with E-state index in [2.05, 4.69) is 0 Å². The van der Waals surface area contributed by atoms with E-state index in [9.17, 15) is 13.2 Å². The Labute approximate surface area is 81.6 Å². The first-order valence-electron chi connectivity index (χ1n) is 4.17. The molecule has 1 heterocycles. The molecule has 0 radical (unpaired) electrons. The van der Waals surface area contributed by atoms with Crippen LogP contribution in [0.4, 0.5) is 5.69 Å². The second kappa shape index (κ2) is 2.81. The average molecular weight is 211 g/mol. The summed E-state index contributed by atoms with van der Waals surface area (Å²) in [7, 11) is -3.30. The number of hydrogen-bond acceptors (Lipinski definition) is 4. The Morgan fingerprint density at radius 1 is 1.29 bits per heavy atom. The number of Topliss-reactive ketones (excluding diaryl/α,β-unsaturated/α-hetero) is 1. The quantitative estimate of drug-likeness (QED) is 0.638. The monoisotopic (exact) mass is 211 g/mol. The number of ketones is 1. The molecule has 4 nitrogen and oxygen atoms in total. The smallest absolute Gasteiger partial charge is 0.179 e. The normalized spacial score (nSPS) is 19.0. The highest BCUT2D eigenvalue weighted by Crippen LogP contribution is 2.28. The van der Waals surface area contributed by atoms with Crippen molar-refractivity contribution in [1.29, 1.82) is 0 Å². The topological polar surface area (TPSA) is 77.2 Å². The van der Waals surface area contributed by atoms with Gasteiger partial charge in [-0.15, -0.1) is 0 Å². The van der Waals surface area contributed by atoms with Crippen LogP contribution in [0.5, 0.6) is 0 Å². The van der Waals surface area contributed by atoms with Crippen molar-refractivity contribution in [3.8, 4) is 0 Å². The van der Waals surface area contributed by atoms with E-state index < -0.39 is 9.84 Å². The minimum atomic E-state index is -3.30. The lowest BCUT2D eigenvalue weighted by molar-refractivity contribution is 0.0984. The van der Waals surface area contributed by atoms with Crippen LogP contribution in [0.1, 0.15) is 16.8 Å². The predicted molar refractivity (Wildman–Crippen MR) is 51.9 cm³/mol. The minimum absolute atomic E-state index is 0.0313. The molecule has 0 aliphatic carbocycles. The zero-order chi connectivity index (χ0) is 10.3. The molecule has 2 N–H and O–H groups in total. The average Bonchev–Trinajstić information content (AvgIpc) is 2.12. The standard InChI is InChI=1S/C9H9NO3S/c10-6-2-1-3-8-9(6)7(11)4-5-14(8,12)13/h1-3H,4-5,10H2. The van der Waals surface area contributed by atoms with Gasteiger partial charge in [0, 0.05) is 12.1 Å². The van der Waals surface area contributed by atoms with E-state index in [1.165, 1.54) is 12.1 Å². The Balaban J connectivity index is 2.82. The third-order valence-electron chi connectivity index (χ3n) is 2.27. The van der Waals surface area contributed by atoms with Crippen molar-refractivity contribution in [2.45, 2.75) is 11.3 Å². The van der Waals surface area contributed by atoms with Gasteiger partial charge in [0.25, 0.3) is 0 Å². The van der Waals surface area contributed by atoms with Gasteiger partial charge in [0.2, 0.25) is 0 Å². The molecule has 14 heavy (non-hydrogen) atoms. The van der Waals surface area contributed by atoms with Crippen LogP contribution in [0, 0.1) is 0 Å². The van der Waals surface area contributed by atoms with Crippen molar-refractivity contribution in [2.24, 2.45) is 0 Å². The molecule has 0 fully saturated rings. The van der Waals surface area contributed by atoms with Crippen LogP contribution < -0.4 is 5.73 Å².